The Hall–Kier alpha value is -1.42. The molecule has 0 aromatic carbocycles. The van der Waals surface area contributed by atoms with Crippen LogP contribution in [0.3, 0.4) is 0 Å². The number of carbonyl (C=O) groups excluding carboxylic acids is 1. The van der Waals surface area contributed by atoms with Gasteiger partial charge in [0.25, 0.3) is 0 Å². The highest BCUT2D eigenvalue weighted by molar-refractivity contribution is 7.14. The highest BCUT2D eigenvalue weighted by Gasteiger charge is 2.20. The van der Waals surface area contributed by atoms with Gasteiger partial charge < -0.3 is 10.6 Å². The molecule has 1 aliphatic rings. The summed E-state index contributed by atoms with van der Waals surface area (Å²) in [6.07, 6.45) is 2.28. The number of rotatable bonds is 4. The number of carbonyl (C=O) groups is 1. The smallest absolute Gasteiger partial charge is 0.239 e. The van der Waals surface area contributed by atoms with Gasteiger partial charge in [0.2, 0.25) is 5.91 Å². The van der Waals surface area contributed by atoms with Crippen molar-refractivity contribution in [3.63, 3.8) is 0 Å². The van der Waals surface area contributed by atoms with Gasteiger partial charge in [-0.15, -0.1) is 11.3 Å². The molecule has 1 aromatic rings. The third kappa shape index (κ3) is 3.77. The molecule has 1 atom stereocenters. The second kappa shape index (κ2) is 6.66. The number of hydrogen-bond acceptors (Lipinski definition) is 5. The molecule has 0 saturated carbocycles. The zero-order chi connectivity index (χ0) is 13.7. The number of nitrogens with zero attached hydrogens (tertiary/aromatic N) is 2. The Morgan fingerprint density at radius 3 is 3.26 bits per heavy atom. The molecule has 0 spiro atoms. The summed E-state index contributed by atoms with van der Waals surface area (Å²) in [5, 5.41) is 17.5. The highest BCUT2D eigenvalue weighted by Crippen LogP contribution is 2.22. The van der Waals surface area contributed by atoms with Crippen molar-refractivity contribution in [1.82, 2.24) is 10.2 Å². The zero-order valence-electron chi connectivity index (χ0n) is 11.0. The number of likely N-dealkylation sites (N-methyl/N-ethyl adjacent to an activating group) is 1. The van der Waals surface area contributed by atoms with Crippen molar-refractivity contribution < 1.29 is 4.79 Å². The van der Waals surface area contributed by atoms with Crippen LogP contribution in [0, 0.1) is 11.3 Å². The van der Waals surface area contributed by atoms with Crippen molar-refractivity contribution in [1.29, 1.82) is 5.26 Å². The van der Waals surface area contributed by atoms with Crippen LogP contribution >= 0.6 is 11.3 Å². The minimum absolute atomic E-state index is 0.0629. The molecule has 0 aliphatic carbocycles. The maximum Gasteiger partial charge on any atom is 0.239 e. The first-order chi connectivity index (χ1) is 9.20. The van der Waals surface area contributed by atoms with Crippen molar-refractivity contribution >= 4 is 22.2 Å². The summed E-state index contributed by atoms with van der Waals surface area (Å²) in [5.41, 5.74) is 0.528. The van der Waals surface area contributed by atoms with Gasteiger partial charge in [0.1, 0.15) is 11.1 Å². The minimum Gasteiger partial charge on any atom is -0.315 e. The number of hydrogen-bond donors (Lipinski definition) is 2. The van der Waals surface area contributed by atoms with E-state index < -0.39 is 0 Å². The molecule has 2 rings (SSSR count). The van der Waals surface area contributed by atoms with Crippen molar-refractivity contribution in [3.8, 4) is 6.07 Å². The predicted octanol–water partition coefficient (Wildman–Crippen LogP) is 1.24. The van der Waals surface area contributed by atoms with Gasteiger partial charge in [-0.3, -0.25) is 9.69 Å². The molecule has 0 bridgehead atoms. The fourth-order valence-corrected chi connectivity index (χ4v) is 2.98. The minimum atomic E-state index is -0.0629. The van der Waals surface area contributed by atoms with Gasteiger partial charge in [-0.05, 0) is 37.9 Å². The molecule has 2 N–H and O–H groups in total. The Morgan fingerprint density at radius 1 is 1.74 bits per heavy atom. The van der Waals surface area contributed by atoms with Gasteiger partial charge in [0.15, 0.2) is 0 Å². The van der Waals surface area contributed by atoms with E-state index in [0.29, 0.717) is 23.2 Å². The van der Waals surface area contributed by atoms with E-state index in [1.54, 1.807) is 6.07 Å². The fourth-order valence-electron chi connectivity index (χ4n) is 2.23. The molecule has 1 saturated heterocycles. The maximum atomic E-state index is 12.0. The lowest BCUT2D eigenvalue weighted by molar-refractivity contribution is -0.117. The van der Waals surface area contributed by atoms with Gasteiger partial charge >= 0.3 is 0 Å². The maximum absolute atomic E-state index is 12.0. The number of nitriles is 1. The van der Waals surface area contributed by atoms with E-state index in [-0.39, 0.29) is 5.91 Å². The summed E-state index contributed by atoms with van der Waals surface area (Å²) in [6, 6.07) is 4.20. The lowest BCUT2D eigenvalue weighted by Crippen LogP contribution is -2.46. The fraction of sp³-hybridized carbons (Fsp3) is 0.538. The SMILES string of the molecule is CN(CC(=O)Nc1sccc1C#N)C1CCCNC1. The zero-order valence-corrected chi connectivity index (χ0v) is 11.8. The molecule has 1 fully saturated rings. The highest BCUT2D eigenvalue weighted by atomic mass is 32.1. The number of piperidine rings is 1. The van der Waals surface area contributed by atoms with Crippen molar-refractivity contribution in [3.05, 3.63) is 17.0 Å². The average Bonchev–Trinajstić information content (AvgIpc) is 2.86. The summed E-state index contributed by atoms with van der Waals surface area (Å²) in [6.45, 7) is 2.36. The predicted molar refractivity (Wildman–Crippen MR) is 76.2 cm³/mol. The van der Waals surface area contributed by atoms with Crippen LogP contribution < -0.4 is 10.6 Å². The summed E-state index contributed by atoms with van der Waals surface area (Å²) < 4.78 is 0. The average molecular weight is 278 g/mol. The van der Waals surface area contributed by atoms with Crippen LogP contribution in [0.15, 0.2) is 11.4 Å². The molecular weight excluding hydrogens is 260 g/mol. The lowest BCUT2D eigenvalue weighted by Gasteiger charge is -2.31. The largest absolute Gasteiger partial charge is 0.315 e. The van der Waals surface area contributed by atoms with E-state index in [9.17, 15) is 4.79 Å². The Kier molecular flexibility index (Phi) is 4.91. The Morgan fingerprint density at radius 2 is 2.58 bits per heavy atom. The van der Waals surface area contributed by atoms with Gasteiger partial charge in [0, 0.05) is 12.6 Å². The number of thiophene rings is 1. The molecule has 1 aromatic heterocycles. The summed E-state index contributed by atoms with van der Waals surface area (Å²) >= 11 is 1.38. The van der Waals surface area contributed by atoms with Crippen molar-refractivity contribution in [2.75, 3.05) is 32.0 Å². The first-order valence-electron chi connectivity index (χ1n) is 6.39. The normalized spacial score (nSPS) is 19.1. The molecular formula is C13H18N4OS. The van der Waals surface area contributed by atoms with Crippen molar-refractivity contribution in [2.24, 2.45) is 0 Å². The van der Waals surface area contributed by atoms with Crippen LogP contribution in [-0.2, 0) is 4.79 Å². The summed E-state index contributed by atoms with van der Waals surface area (Å²) in [5.74, 6) is -0.0629. The van der Waals surface area contributed by atoms with E-state index in [1.165, 1.54) is 11.3 Å². The summed E-state index contributed by atoms with van der Waals surface area (Å²) in [4.78, 5) is 14.0. The van der Waals surface area contributed by atoms with Crippen LogP contribution in [0.2, 0.25) is 0 Å². The van der Waals surface area contributed by atoms with Crippen LogP contribution in [0.1, 0.15) is 18.4 Å². The van der Waals surface area contributed by atoms with Crippen LogP contribution in [-0.4, -0.2) is 43.5 Å². The number of nitrogens with one attached hydrogen (secondary N) is 2. The molecule has 6 heteroatoms. The topological polar surface area (TPSA) is 68.2 Å². The first kappa shape index (κ1) is 14.0. The van der Waals surface area contributed by atoms with E-state index >= 15 is 0 Å². The van der Waals surface area contributed by atoms with Gasteiger partial charge in [-0.25, -0.2) is 0 Å². The van der Waals surface area contributed by atoms with E-state index in [2.05, 4.69) is 21.6 Å². The molecule has 19 heavy (non-hydrogen) atoms. The Labute approximate surface area is 117 Å². The quantitative estimate of drug-likeness (QED) is 0.869. The third-order valence-electron chi connectivity index (χ3n) is 3.33. The lowest BCUT2D eigenvalue weighted by atomic mass is 10.1. The van der Waals surface area contributed by atoms with E-state index in [0.717, 1.165) is 25.9 Å². The molecule has 2 heterocycles. The second-order valence-electron chi connectivity index (χ2n) is 4.74. The Bertz CT molecular complexity index is 473. The standard InChI is InChI=1S/C13H18N4OS/c1-17(11-3-2-5-15-8-11)9-12(18)16-13-10(7-14)4-6-19-13/h4,6,11,15H,2-3,5,8-9H2,1H3,(H,16,18). The molecule has 1 unspecified atom stereocenters. The van der Waals surface area contributed by atoms with Crippen LogP contribution in [0.25, 0.3) is 0 Å². The second-order valence-corrected chi connectivity index (χ2v) is 5.65. The molecule has 0 radical (unpaired) electrons. The monoisotopic (exact) mass is 278 g/mol. The van der Waals surface area contributed by atoms with Crippen LogP contribution in [0.5, 0.6) is 0 Å². The number of amides is 1. The van der Waals surface area contributed by atoms with E-state index in [4.69, 9.17) is 5.26 Å². The third-order valence-corrected chi connectivity index (χ3v) is 4.16. The van der Waals surface area contributed by atoms with Gasteiger partial charge in [-0.2, -0.15) is 5.26 Å². The summed E-state index contributed by atoms with van der Waals surface area (Å²) in [7, 11) is 1.97. The molecule has 1 amide bonds. The molecule has 102 valence electrons. The van der Waals surface area contributed by atoms with Crippen LogP contribution in [0.4, 0.5) is 5.00 Å². The van der Waals surface area contributed by atoms with Gasteiger partial charge in [-0.1, -0.05) is 0 Å². The first-order valence-corrected chi connectivity index (χ1v) is 7.27. The number of anilines is 1. The Balaban J connectivity index is 1.85. The van der Waals surface area contributed by atoms with Crippen molar-refractivity contribution in [2.45, 2.75) is 18.9 Å². The van der Waals surface area contributed by atoms with Gasteiger partial charge in [0.05, 0.1) is 12.1 Å². The van der Waals surface area contributed by atoms with E-state index in [1.807, 2.05) is 12.4 Å². The molecule has 5 nitrogen and oxygen atoms in total. The molecule has 1 aliphatic heterocycles.